The molecule has 3 aromatic heterocycles. The van der Waals surface area contributed by atoms with Crippen LogP contribution in [0.3, 0.4) is 0 Å². The van der Waals surface area contributed by atoms with E-state index in [4.69, 9.17) is 0 Å². The fourth-order valence-corrected chi connectivity index (χ4v) is 6.86. The molecule has 1 aliphatic heterocycles. The van der Waals surface area contributed by atoms with Crippen LogP contribution in [0, 0.1) is 11.8 Å². The van der Waals surface area contributed by atoms with Gasteiger partial charge in [-0.3, -0.25) is 13.9 Å². The van der Waals surface area contributed by atoms with E-state index in [0.29, 0.717) is 29.5 Å². The number of hydrogen-bond acceptors (Lipinski definition) is 4. The van der Waals surface area contributed by atoms with Gasteiger partial charge < -0.3 is 4.57 Å². The van der Waals surface area contributed by atoms with Crippen molar-refractivity contribution < 1.29 is 13.2 Å². The Morgan fingerprint density at radius 2 is 1.88 bits per heavy atom. The minimum absolute atomic E-state index is 0.00137. The molecule has 1 saturated carbocycles. The number of piperidine rings is 1. The molecule has 4 aromatic rings. The SMILES string of the molecule is CCC(c1cc(C(F)(F)F)c2cn(-c3cccc([C@@H](c4nncn4C)C4CCC4)c3)c(=O)n2c1)N1CCC[C@H](C)C1. The molecule has 7 nitrogen and oxygen atoms in total. The van der Waals surface area contributed by atoms with Crippen LogP contribution >= 0.6 is 0 Å². The first-order valence-corrected chi connectivity index (χ1v) is 14.7. The van der Waals surface area contributed by atoms with E-state index in [1.807, 2.05) is 36.7 Å². The predicted molar refractivity (Wildman–Crippen MR) is 151 cm³/mol. The fraction of sp³-hybridized carbons (Fsp3) is 0.516. The van der Waals surface area contributed by atoms with Gasteiger partial charge in [-0.05, 0) is 79.8 Å². The van der Waals surface area contributed by atoms with Crippen molar-refractivity contribution in [2.75, 3.05) is 13.1 Å². The molecule has 3 atom stereocenters. The van der Waals surface area contributed by atoms with Gasteiger partial charge in [0.15, 0.2) is 0 Å². The maximum absolute atomic E-state index is 14.5. The van der Waals surface area contributed by atoms with Crippen molar-refractivity contribution in [2.24, 2.45) is 18.9 Å². The van der Waals surface area contributed by atoms with E-state index >= 15 is 0 Å². The zero-order valence-electron chi connectivity index (χ0n) is 23.8. The number of aryl methyl sites for hydroxylation is 1. The number of fused-ring (bicyclic) bond motifs is 1. The zero-order chi connectivity index (χ0) is 28.9. The number of halogens is 3. The van der Waals surface area contributed by atoms with Crippen LogP contribution in [0.15, 0.2) is 53.8 Å². The third kappa shape index (κ3) is 5.11. The van der Waals surface area contributed by atoms with Crippen LogP contribution in [0.2, 0.25) is 0 Å². The lowest BCUT2D eigenvalue weighted by Crippen LogP contribution is -2.37. The maximum Gasteiger partial charge on any atom is 0.418 e. The van der Waals surface area contributed by atoms with Crippen LogP contribution in [0.1, 0.15) is 86.8 Å². The van der Waals surface area contributed by atoms with Crippen LogP contribution < -0.4 is 5.69 Å². The van der Waals surface area contributed by atoms with Gasteiger partial charge in [0.05, 0.1) is 16.8 Å². The second-order valence-electron chi connectivity index (χ2n) is 12.0. The van der Waals surface area contributed by atoms with Crippen molar-refractivity contribution in [3.63, 3.8) is 0 Å². The minimum Gasteiger partial charge on any atom is -0.320 e. The molecule has 10 heteroatoms. The van der Waals surface area contributed by atoms with E-state index in [1.165, 1.54) is 21.2 Å². The Labute approximate surface area is 237 Å². The number of nitrogens with zero attached hydrogens (tertiary/aromatic N) is 6. The first-order valence-electron chi connectivity index (χ1n) is 14.7. The molecular weight excluding hydrogens is 529 g/mol. The maximum atomic E-state index is 14.5. The molecule has 0 radical (unpaired) electrons. The second-order valence-corrected chi connectivity index (χ2v) is 12.0. The largest absolute Gasteiger partial charge is 0.418 e. The summed E-state index contributed by atoms with van der Waals surface area (Å²) in [6.45, 7) is 5.87. The lowest BCUT2D eigenvalue weighted by molar-refractivity contribution is -0.136. The van der Waals surface area contributed by atoms with Crippen molar-refractivity contribution in [1.82, 2.24) is 28.6 Å². The number of likely N-dealkylation sites (tertiary alicyclic amines) is 1. The Morgan fingerprint density at radius 1 is 1.07 bits per heavy atom. The number of hydrogen-bond donors (Lipinski definition) is 0. The number of imidazole rings is 1. The molecule has 2 aliphatic rings. The lowest BCUT2D eigenvalue weighted by atomic mass is 9.72. The fourth-order valence-electron chi connectivity index (χ4n) is 6.86. The highest BCUT2D eigenvalue weighted by Gasteiger charge is 2.36. The molecule has 2 fully saturated rings. The summed E-state index contributed by atoms with van der Waals surface area (Å²) in [4.78, 5) is 16.1. The van der Waals surface area contributed by atoms with Gasteiger partial charge >= 0.3 is 11.9 Å². The summed E-state index contributed by atoms with van der Waals surface area (Å²) in [7, 11) is 1.92. The molecule has 6 rings (SSSR count). The Hall–Kier alpha value is -3.40. The average Bonchev–Trinajstić information content (AvgIpc) is 3.48. The van der Waals surface area contributed by atoms with E-state index in [1.54, 1.807) is 18.6 Å². The summed E-state index contributed by atoms with van der Waals surface area (Å²) in [5.74, 6) is 1.74. The average molecular weight is 567 g/mol. The highest BCUT2D eigenvalue weighted by Crippen LogP contribution is 2.43. The molecule has 4 heterocycles. The summed E-state index contributed by atoms with van der Waals surface area (Å²) < 4.78 is 47.8. The number of aromatic nitrogens is 5. The number of benzene rings is 1. The topological polar surface area (TPSA) is 60.4 Å². The molecule has 0 amide bonds. The van der Waals surface area contributed by atoms with Gasteiger partial charge in [0.2, 0.25) is 0 Å². The summed E-state index contributed by atoms with van der Waals surface area (Å²) in [5.41, 5.74) is 0.619. The quantitative estimate of drug-likeness (QED) is 0.262. The van der Waals surface area contributed by atoms with Crippen molar-refractivity contribution in [3.05, 3.63) is 82.1 Å². The highest BCUT2D eigenvalue weighted by atomic mass is 19.4. The van der Waals surface area contributed by atoms with E-state index in [0.717, 1.165) is 56.6 Å². The zero-order valence-corrected chi connectivity index (χ0v) is 23.8. The summed E-state index contributed by atoms with van der Waals surface area (Å²) >= 11 is 0. The first-order chi connectivity index (χ1) is 19.7. The molecule has 41 heavy (non-hydrogen) atoms. The van der Waals surface area contributed by atoms with Crippen LogP contribution in [0.4, 0.5) is 13.2 Å². The normalized spacial score (nSPS) is 20.3. The lowest BCUT2D eigenvalue weighted by Gasteiger charge is -2.37. The second kappa shape index (κ2) is 10.8. The predicted octanol–water partition coefficient (Wildman–Crippen LogP) is 6.35. The number of rotatable bonds is 7. The third-order valence-corrected chi connectivity index (χ3v) is 9.15. The molecule has 1 saturated heterocycles. The number of pyridine rings is 1. The highest BCUT2D eigenvalue weighted by molar-refractivity contribution is 5.58. The van der Waals surface area contributed by atoms with Crippen LogP contribution in [0.25, 0.3) is 11.2 Å². The van der Waals surface area contributed by atoms with Crippen LogP contribution in [0.5, 0.6) is 0 Å². The van der Waals surface area contributed by atoms with E-state index in [-0.39, 0.29) is 17.5 Å². The van der Waals surface area contributed by atoms with Gasteiger partial charge in [-0.2, -0.15) is 13.2 Å². The van der Waals surface area contributed by atoms with Gasteiger partial charge in [0, 0.05) is 37.9 Å². The van der Waals surface area contributed by atoms with Gasteiger partial charge in [-0.1, -0.05) is 32.4 Å². The Morgan fingerprint density at radius 3 is 2.51 bits per heavy atom. The van der Waals surface area contributed by atoms with Gasteiger partial charge in [-0.15, -0.1) is 10.2 Å². The first kappa shape index (κ1) is 27.8. The molecule has 1 unspecified atom stereocenters. The standard InChI is InChI=1S/C31H37F3N6O/c1-4-26(38-13-7-8-20(2)16-38)23-15-25(31(32,33)34)27-18-39(30(41)40(27)17-23)24-12-6-11-22(14-24)28(21-9-5-10-21)29-36-35-19-37(29)3/h6,11-12,14-15,17-21,26,28H,4-5,7-10,13,16H2,1-3H3/t20-,26?,28-/m0/s1. The molecular formula is C31H37F3N6O. The third-order valence-electron chi connectivity index (χ3n) is 9.15. The van der Waals surface area contributed by atoms with Crippen molar-refractivity contribution in [2.45, 2.75) is 70.5 Å². The van der Waals surface area contributed by atoms with Crippen molar-refractivity contribution in [3.8, 4) is 5.69 Å². The van der Waals surface area contributed by atoms with Crippen molar-refractivity contribution >= 4 is 5.52 Å². The van der Waals surface area contributed by atoms with Gasteiger partial charge in [0.25, 0.3) is 0 Å². The molecule has 0 spiro atoms. The Balaban J connectivity index is 1.46. The monoisotopic (exact) mass is 566 g/mol. The molecule has 0 N–H and O–H groups in total. The van der Waals surface area contributed by atoms with E-state index < -0.39 is 17.4 Å². The molecule has 1 aliphatic carbocycles. The van der Waals surface area contributed by atoms with Crippen LogP contribution in [-0.2, 0) is 13.2 Å². The van der Waals surface area contributed by atoms with Gasteiger partial charge in [0.1, 0.15) is 12.2 Å². The Kier molecular flexibility index (Phi) is 7.30. The molecule has 1 aromatic carbocycles. The van der Waals surface area contributed by atoms with Crippen LogP contribution in [-0.4, -0.2) is 41.7 Å². The summed E-state index contributed by atoms with van der Waals surface area (Å²) in [6.07, 6.45) is 6.15. The van der Waals surface area contributed by atoms with E-state index in [9.17, 15) is 18.0 Å². The summed E-state index contributed by atoms with van der Waals surface area (Å²) in [5, 5.41) is 8.45. The summed E-state index contributed by atoms with van der Waals surface area (Å²) in [6, 6.07) is 8.63. The van der Waals surface area contributed by atoms with E-state index in [2.05, 4.69) is 22.0 Å². The smallest absolute Gasteiger partial charge is 0.320 e. The minimum atomic E-state index is -4.60. The number of alkyl halides is 3. The van der Waals surface area contributed by atoms with Gasteiger partial charge in [-0.25, -0.2) is 4.79 Å². The Bertz CT molecular complexity index is 1600. The van der Waals surface area contributed by atoms with Crippen molar-refractivity contribution in [1.29, 1.82) is 0 Å². The molecule has 218 valence electrons. The molecule has 0 bridgehead atoms.